The van der Waals surface area contributed by atoms with Crippen molar-refractivity contribution in [3.05, 3.63) is 59.9 Å². The zero-order chi connectivity index (χ0) is 19.6. The van der Waals surface area contributed by atoms with E-state index in [-0.39, 0.29) is 18.3 Å². The number of amides is 1. The average Bonchev–Trinajstić information content (AvgIpc) is 2.73. The van der Waals surface area contributed by atoms with Gasteiger partial charge in [0.05, 0.1) is 5.69 Å². The molecule has 0 saturated carbocycles. The molecule has 1 aliphatic rings. The van der Waals surface area contributed by atoms with E-state index in [1.807, 2.05) is 30.3 Å². The molecule has 0 bridgehead atoms. The fraction of sp³-hybridized carbons (Fsp3) is 0.455. The number of likely N-dealkylation sites (tertiary alicyclic amines) is 1. The van der Waals surface area contributed by atoms with Gasteiger partial charge in [-0.3, -0.25) is 14.7 Å². The molecule has 1 amide bonds. The first-order valence-electron chi connectivity index (χ1n) is 10.1. The summed E-state index contributed by atoms with van der Waals surface area (Å²) in [5.41, 5.74) is 7.59. The molecule has 3 N–H and O–H groups in total. The molecule has 1 aromatic carbocycles. The fourth-order valence-electron chi connectivity index (χ4n) is 3.56. The third-order valence-electron chi connectivity index (χ3n) is 5.05. The summed E-state index contributed by atoms with van der Waals surface area (Å²) in [6, 6.07) is 14.4. The molecule has 1 atom stereocenters. The topological polar surface area (TPSA) is 80.5 Å². The Balaban J connectivity index is 0.00000300. The monoisotopic (exact) mass is 418 g/mol. The van der Waals surface area contributed by atoms with Crippen LogP contribution in [0.2, 0.25) is 0 Å². The highest BCUT2D eigenvalue weighted by Gasteiger charge is 2.23. The number of carbonyl (C=O) groups is 1. The summed E-state index contributed by atoms with van der Waals surface area (Å²) in [6.45, 7) is 3.46. The molecule has 2 aromatic rings. The number of rotatable bonds is 9. The first-order valence-corrected chi connectivity index (χ1v) is 10.1. The quantitative estimate of drug-likeness (QED) is 0.654. The van der Waals surface area contributed by atoms with Crippen molar-refractivity contribution < 1.29 is 9.53 Å². The van der Waals surface area contributed by atoms with E-state index in [0.717, 1.165) is 31.0 Å². The van der Waals surface area contributed by atoms with Crippen LogP contribution in [0.4, 0.5) is 0 Å². The first-order chi connectivity index (χ1) is 13.7. The lowest BCUT2D eigenvalue weighted by atomic mass is 10.0. The maximum Gasteiger partial charge on any atom is 0.221 e. The van der Waals surface area contributed by atoms with E-state index in [4.69, 9.17) is 10.5 Å². The summed E-state index contributed by atoms with van der Waals surface area (Å²) in [4.78, 5) is 18.5. The number of nitrogens with two attached hydrogens (primary N) is 1. The number of halogens is 1. The van der Waals surface area contributed by atoms with Crippen LogP contribution in [0.1, 0.15) is 36.9 Å². The zero-order valence-electron chi connectivity index (χ0n) is 16.8. The van der Waals surface area contributed by atoms with E-state index in [1.165, 1.54) is 18.4 Å². The minimum atomic E-state index is 0. The largest absolute Gasteiger partial charge is 0.487 e. The number of pyridine rings is 1. The van der Waals surface area contributed by atoms with Gasteiger partial charge in [-0.25, -0.2) is 0 Å². The van der Waals surface area contributed by atoms with Crippen molar-refractivity contribution in [2.24, 2.45) is 5.73 Å². The molecule has 29 heavy (non-hydrogen) atoms. The van der Waals surface area contributed by atoms with Crippen LogP contribution in [0, 0.1) is 0 Å². The predicted octanol–water partition coefficient (Wildman–Crippen LogP) is 2.90. The van der Waals surface area contributed by atoms with Gasteiger partial charge in [-0.2, -0.15) is 0 Å². The lowest BCUT2D eigenvalue weighted by Gasteiger charge is -2.36. The molecule has 3 rings (SSSR count). The van der Waals surface area contributed by atoms with E-state index in [9.17, 15) is 4.79 Å². The van der Waals surface area contributed by atoms with Gasteiger partial charge in [0.15, 0.2) is 0 Å². The number of hydrogen-bond acceptors (Lipinski definition) is 5. The van der Waals surface area contributed by atoms with Crippen LogP contribution in [0.3, 0.4) is 0 Å². The second kappa shape index (κ2) is 12.4. The second-order valence-corrected chi connectivity index (χ2v) is 7.22. The Morgan fingerprint density at radius 3 is 2.93 bits per heavy atom. The molecule has 0 aliphatic carbocycles. The molecule has 6 nitrogen and oxygen atoms in total. The maximum atomic E-state index is 11.8. The highest BCUT2D eigenvalue weighted by atomic mass is 35.5. The van der Waals surface area contributed by atoms with Crippen molar-refractivity contribution in [3.63, 3.8) is 0 Å². The molecule has 0 spiro atoms. The Morgan fingerprint density at radius 1 is 1.24 bits per heavy atom. The van der Waals surface area contributed by atoms with E-state index in [2.05, 4.69) is 27.3 Å². The first kappa shape index (κ1) is 23.1. The highest BCUT2D eigenvalue weighted by molar-refractivity contribution is 5.85. The molecule has 1 aliphatic heterocycles. The molecular weight excluding hydrogens is 388 g/mol. The van der Waals surface area contributed by atoms with E-state index in [1.54, 1.807) is 6.20 Å². The molecule has 1 aromatic heterocycles. The number of piperidine rings is 1. The van der Waals surface area contributed by atoms with Crippen molar-refractivity contribution in [3.8, 4) is 5.75 Å². The summed E-state index contributed by atoms with van der Waals surface area (Å²) < 4.78 is 5.90. The Bertz CT molecular complexity index is 745. The van der Waals surface area contributed by atoms with Crippen molar-refractivity contribution >= 4 is 18.3 Å². The molecular formula is C22H31ClN4O2. The molecule has 1 saturated heterocycles. The summed E-state index contributed by atoms with van der Waals surface area (Å²) in [6.07, 6.45) is 5.68. The van der Waals surface area contributed by atoms with Gasteiger partial charge in [0.25, 0.3) is 0 Å². The standard InChI is InChI=1S/C22H30N4O2.ClH/c23-11-10-22(27)25-15-20-8-2-4-13-26(20)16-18-6-5-9-21(14-18)28-17-19-7-1-3-12-24-19;/h1,3,5-7,9,12,14,20H,2,4,8,10-11,13,15-17,23H2,(H,25,27);1H. The van der Waals surface area contributed by atoms with Gasteiger partial charge in [-0.15, -0.1) is 12.4 Å². The molecule has 7 heteroatoms. The number of aromatic nitrogens is 1. The van der Waals surface area contributed by atoms with Gasteiger partial charge in [-0.05, 0) is 49.2 Å². The minimum absolute atomic E-state index is 0. The van der Waals surface area contributed by atoms with Gasteiger partial charge in [0.2, 0.25) is 5.91 Å². The van der Waals surface area contributed by atoms with Crippen LogP contribution in [0.5, 0.6) is 5.75 Å². The Kier molecular flexibility index (Phi) is 9.91. The van der Waals surface area contributed by atoms with Gasteiger partial charge >= 0.3 is 0 Å². The van der Waals surface area contributed by atoms with Crippen LogP contribution < -0.4 is 15.8 Å². The Morgan fingerprint density at radius 2 is 2.14 bits per heavy atom. The zero-order valence-corrected chi connectivity index (χ0v) is 17.6. The van der Waals surface area contributed by atoms with Gasteiger partial charge in [-0.1, -0.05) is 24.6 Å². The molecule has 0 radical (unpaired) electrons. The lowest BCUT2D eigenvalue weighted by Crippen LogP contribution is -2.46. The second-order valence-electron chi connectivity index (χ2n) is 7.22. The maximum absolute atomic E-state index is 11.8. The van der Waals surface area contributed by atoms with Crippen LogP contribution in [0.25, 0.3) is 0 Å². The molecule has 1 fully saturated rings. The summed E-state index contributed by atoms with van der Waals surface area (Å²) in [5.74, 6) is 0.894. The highest BCUT2D eigenvalue weighted by Crippen LogP contribution is 2.22. The summed E-state index contributed by atoms with van der Waals surface area (Å²) in [7, 11) is 0. The van der Waals surface area contributed by atoms with Crippen LogP contribution >= 0.6 is 12.4 Å². The number of hydrogen-bond donors (Lipinski definition) is 2. The fourth-order valence-corrected chi connectivity index (χ4v) is 3.56. The van der Waals surface area contributed by atoms with Crippen molar-refractivity contribution in [1.82, 2.24) is 15.2 Å². The number of ether oxygens (including phenoxy) is 1. The molecule has 1 unspecified atom stereocenters. The Hall–Kier alpha value is -2.15. The van der Waals surface area contributed by atoms with Gasteiger partial charge in [0, 0.05) is 38.3 Å². The summed E-state index contributed by atoms with van der Waals surface area (Å²) >= 11 is 0. The normalized spacial score (nSPS) is 16.7. The van der Waals surface area contributed by atoms with Crippen LogP contribution in [-0.2, 0) is 17.9 Å². The summed E-state index contributed by atoms with van der Waals surface area (Å²) in [5, 5.41) is 3.03. The average molecular weight is 419 g/mol. The number of carbonyl (C=O) groups excluding carboxylic acids is 1. The van der Waals surface area contributed by atoms with Gasteiger partial charge in [0.1, 0.15) is 12.4 Å². The van der Waals surface area contributed by atoms with Crippen molar-refractivity contribution in [2.75, 3.05) is 19.6 Å². The minimum Gasteiger partial charge on any atom is -0.487 e. The third kappa shape index (κ3) is 7.65. The van der Waals surface area contributed by atoms with Gasteiger partial charge < -0.3 is 15.8 Å². The SMILES string of the molecule is Cl.NCCC(=O)NCC1CCCCN1Cc1cccc(OCc2ccccn2)c1. The van der Waals surface area contributed by atoms with E-state index < -0.39 is 0 Å². The molecule has 158 valence electrons. The van der Waals surface area contributed by atoms with Crippen LogP contribution in [0.15, 0.2) is 48.7 Å². The van der Waals surface area contributed by atoms with Crippen molar-refractivity contribution in [1.29, 1.82) is 0 Å². The third-order valence-corrected chi connectivity index (χ3v) is 5.05. The smallest absolute Gasteiger partial charge is 0.221 e. The number of benzene rings is 1. The van der Waals surface area contributed by atoms with E-state index in [0.29, 0.717) is 32.2 Å². The van der Waals surface area contributed by atoms with Crippen LogP contribution in [-0.4, -0.2) is 41.5 Å². The molecule has 2 heterocycles. The van der Waals surface area contributed by atoms with E-state index >= 15 is 0 Å². The van der Waals surface area contributed by atoms with Crippen molar-refractivity contribution in [2.45, 2.75) is 44.9 Å². The lowest BCUT2D eigenvalue weighted by molar-refractivity contribution is -0.121. The predicted molar refractivity (Wildman–Crippen MR) is 117 cm³/mol. The Labute approximate surface area is 179 Å². The number of nitrogens with zero attached hydrogens (tertiary/aromatic N) is 2. The number of nitrogens with one attached hydrogen (secondary N) is 1.